The number of para-hydroxylation sites is 1. The Kier molecular flexibility index (Phi) is 12.9. The SMILES string of the molecule is CC[C@](C)(NS(=O)(=O)c1ccc(Cl)c(COc2cccc3c(C)cc(C)nc23)c1Cl)C(=O)N1CCN(C(=O)[C@@H](N)CCCCN=C(N)N)CC1. The number of aromatic nitrogens is 1. The van der Waals surface area contributed by atoms with Crippen molar-refractivity contribution in [2.45, 2.75) is 76.5 Å². The maximum absolute atomic E-state index is 13.8. The topological polar surface area (TPSA) is 199 Å². The molecule has 16 heteroatoms. The van der Waals surface area contributed by atoms with Gasteiger partial charge in [0.1, 0.15) is 28.3 Å². The number of carbonyl (C=O) groups excluding carboxylic acids is 2. The number of ether oxygens (including phenoxy) is 1. The largest absolute Gasteiger partial charge is 0.487 e. The van der Waals surface area contributed by atoms with Crippen LogP contribution in [0.1, 0.15) is 56.4 Å². The molecule has 3 aromatic rings. The van der Waals surface area contributed by atoms with E-state index in [0.717, 1.165) is 16.6 Å². The van der Waals surface area contributed by atoms with Crippen molar-refractivity contribution in [1.82, 2.24) is 19.5 Å². The number of pyridine rings is 1. The number of nitrogens with one attached hydrogen (secondary N) is 1. The fourth-order valence-electron chi connectivity index (χ4n) is 5.88. The van der Waals surface area contributed by atoms with Crippen LogP contribution in [0, 0.1) is 13.8 Å². The van der Waals surface area contributed by atoms with Gasteiger partial charge in [-0.3, -0.25) is 14.6 Å². The van der Waals surface area contributed by atoms with Crippen molar-refractivity contribution in [1.29, 1.82) is 0 Å². The average Bonchev–Trinajstić information content (AvgIpc) is 3.06. The molecule has 1 aliphatic heterocycles. The molecule has 1 fully saturated rings. The van der Waals surface area contributed by atoms with Crippen molar-refractivity contribution >= 4 is 61.9 Å². The summed E-state index contributed by atoms with van der Waals surface area (Å²) in [6.07, 6.45) is 2.02. The second kappa shape index (κ2) is 16.6. The molecule has 0 radical (unpaired) electrons. The zero-order valence-corrected chi connectivity index (χ0v) is 31.2. The zero-order chi connectivity index (χ0) is 36.8. The molecule has 4 rings (SSSR count). The van der Waals surface area contributed by atoms with Crippen molar-refractivity contribution in [2.24, 2.45) is 22.2 Å². The molecule has 0 bridgehead atoms. The van der Waals surface area contributed by atoms with E-state index < -0.39 is 27.5 Å². The Morgan fingerprint density at radius 2 is 1.76 bits per heavy atom. The first-order chi connectivity index (χ1) is 23.6. The summed E-state index contributed by atoms with van der Waals surface area (Å²) < 4.78 is 36.4. The fourth-order valence-corrected chi connectivity index (χ4v) is 8.20. The van der Waals surface area contributed by atoms with Gasteiger partial charge in [0.15, 0.2) is 5.96 Å². The number of aliphatic imine (C=N–C) groups is 1. The fraction of sp³-hybridized carbons (Fsp3) is 0.471. The molecular formula is C34H46Cl2N8O5S. The lowest BCUT2D eigenvalue weighted by molar-refractivity contribution is -0.143. The molecule has 1 aromatic heterocycles. The number of sulfonamides is 1. The predicted molar refractivity (Wildman–Crippen MR) is 197 cm³/mol. The summed E-state index contributed by atoms with van der Waals surface area (Å²) in [6, 6.07) is 9.62. The molecule has 2 amide bonds. The van der Waals surface area contributed by atoms with Gasteiger partial charge in [-0.25, -0.2) is 13.4 Å². The van der Waals surface area contributed by atoms with E-state index in [1.807, 2.05) is 32.0 Å². The molecule has 0 saturated carbocycles. The second-order valence-corrected chi connectivity index (χ2v) is 15.1. The van der Waals surface area contributed by atoms with E-state index in [2.05, 4.69) is 14.7 Å². The van der Waals surface area contributed by atoms with E-state index in [-0.39, 0.29) is 71.6 Å². The minimum Gasteiger partial charge on any atom is -0.487 e. The van der Waals surface area contributed by atoms with E-state index in [1.54, 1.807) is 22.8 Å². The van der Waals surface area contributed by atoms with Crippen LogP contribution in [0.3, 0.4) is 0 Å². The van der Waals surface area contributed by atoms with Crippen molar-refractivity contribution in [2.75, 3.05) is 32.7 Å². The van der Waals surface area contributed by atoms with Gasteiger partial charge in [0.05, 0.1) is 11.1 Å². The quantitative estimate of drug-likeness (QED) is 0.108. The van der Waals surface area contributed by atoms with Crippen LogP contribution in [-0.4, -0.2) is 85.3 Å². The van der Waals surface area contributed by atoms with Crippen molar-refractivity contribution < 1.29 is 22.7 Å². The Balaban J connectivity index is 1.42. The van der Waals surface area contributed by atoms with E-state index >= 15 is 0 Å². The Morgan fingerprint density at radius 1 is 1.08 bits per heavy atom. The highest BCUT2D eigenvalue weighted by atomic mass is 35.5. The summed E-state index contributed by atoms with van der Waals surface area (Å²) >= 11 is 13.2. The van der Waals surface area contributed by atoms with E-state index in [9.17, 15) is 18.0 Å². The zero-order valence-electron chi connectivity index (χ0n) is 28.8. The van der Waals surface area contributed by atoms with E-state index in [0.29, 0.717) is 37.1 Å². The average molecular weight is 750 g/mol. The number of carbonyl (C=O) groups is 2. The van der Waals surface area contributed by atoms with Gasteiger partial charge in [0.25, 0.3) is 0 Å². The third-order valence-electron chi connectivity index (χ3n) is 8.90. The van der Waals surface area contributed by atoms with Gasteiger partial charge in [0.2, 0.25) is 21.8 Å². The maximum Gasteiger partial charge on any atom is 0.243 e. The van der Waals surface area contributed by atoms with Gasteiger partial charge >= 0.3 is 0 Å². The first-order valence-corrected chi connectivity index (χ1v) is 18.7. The molecule has 13 nitrogen and oxygen atoms in total. The van der Waals surface area contributed by atoms with Crippen LogP contribution in [0.2, 0.25) is 10.0 Å². The summed E-state index contributed by atoms with van der Waals surface area (Å²) in [6.45, 7) is 8.49. The standard InChI is InChI=1S/C34H46Cl2N8O5S/c1-5-34(4,32(46)44-17-15-43(16-18-44)31(45)26(37)10-6-7-14-40-33(38)39)42-50(47,48)28-13-12-25(35)24(29(28)36)20-49-27-11-8-9-23-21(2)19-22(3)41-30(23)27/h8-9,11-13,19,26,42H,5-7,10,14-18,20,37H2,1-4H3,(H4,38,39,40)/t26-,34-/m0/s1. The van der Waals surface area contributed by atoms with Crippen molar-refractivity contribution in [3.8, 4) is 5.75 Å². The number of aryl methyl sites for hydroxylation is 2. The lowest BCUT2D eigenvalue weighted by atomic mass is 9.98. The van der Waals surface area contributed by atoms with Crippen LogP contribution in [0.4, 0.5) is 0 Å². The van der Waals surface area contributed by atoms with Gasteiger partial charge in [-0.05, 0) is 76.3 Å². The predicted octanol–water partition coefficient (Wildman–Crippen LogP) is 3.63. The highest BCUT2D eigenvalue weighted by Gasteiger charge is 2.41. The van der Waals surface area contributed by atoms with E-state index in [1.165, 1.54) is 19.1 Å². The van der Waals surface area contributed by atoms with E-state index in [4.69, 9.17) is 45.1 Å². The molecule has 50 heavy (non-hydrogen) atoms. The van der Waals surface area contributed by atoms with Gasteiger partial charge in [-0.1, -0.05) is 42.3 Å². The molecule has 0 aliphatic carbocycles. The van der Waals surface area contributed by atoms with Crippen LogP contribution in [0.15, 0.2) is 46.3 Å². The van der Waals surface area contributed by atoms with Crippen LogP contribution < -0.4 is 26.7 Å². The Morgan fingerprint density at radius 3 is 2.42 bits per heavy atom. The number of unbranched alkanes of at least 4 members (excludes halogenated alkanes) is 1. The second-order valence-electron chi connectivity index (χ2n) is 12.7. The van der Waals surface area contributed by atoms with Crippen LogP contribution >= 0.6 is 23.2 Å². The molecule has 2 atom stereocenters. The highest BCUT2D eigenvalue weighted by Crippen LogP contribution is 2.34. The third kappa shape index (κ3) is 9.15. The van der Waals surface area contributed by atoms with Crippen LogP contribution in [-0.2, 0) is 26.2 Å². The normalized spacial score (nSPS) is 15.4. The minimum absolute atomic E-state index is 0.0227. The number of hydrogen-bond donors (Lipinski definition) is 4. The number of fused-ring (bicyclic) bond motifs is 1. The van der Waals surface area contributed by atoms with Gasteiger partial charge < -0.3 is 31.7 Å². The third-order valence-corrected chi connectivity index (χ3v) is 11.4. The maximum atomic E-state index is 13.8. The smallest absolute Gasteiger partial charge is 0.243 e. The molecule has 1 aliphatic rings. The molecule has 2 aromatic carbocycles. The number of halogens is 2. The van der Waals surface area contributed by atoms with Crippen molar-refractivity contribution in [3.63, 3.8) is 0 Å². The molecule has 1 saturated heterocycles. The summed E-state index contributed by atoms with van der Waals surface area (Å²) in [5.41, 5.74) is 18.1. The highest BCUT2D eigenvalue weighted by molar-refractivity contribution is 7.89. The summed E-state index contributed by atoms with van der Waals surface area (Å²) in [5.74, 6) is -0.0887. The Labute approximate surface area is 303 Å². The van der Waals surface area contributed by atoms with Crippen molar-refractivity contribution in [3.05, 3.63) is 63.3 Å². The number of nitrogens with two attached hydrogens (primary N) is 3. The van der Waals surface area contributed by atoms with Gasteiger partial charge in [-0.2, -0.15) is 4.72 Å². The van der Waals surface area contributed by atoms with Gasteiger partial charge in [-0.15, -0.1) is 0 Å². The van der Waals surface area contributed by atoms with Crippen LogP contribution in [0.25, 0.3) is 10.9 Å². The lowest BCUT2D eigenvalue weighted by Crippen LogP contribution is -2.62. The molecule has 272 valence electrons. The number of nitrogens with zero attached hydrogens (tertiary/aromatic N) is 4. The molecule has 0 unspecified atom stereocenters. The number of piperazine rings is 1. The number of guanidine groups is 1. The lowest BCUT2D eigenvalue weighted by Gasteiger charge is -2.40. The molecule has 7 N–H and O–H groups in total. The van der Waals surface area contributed by atoms with Gasteiger partial charge in [0, 0.05) is 54.4 Å². The number of amides is 2. The summed E-state index contributed by atoms with van der Waals surface area (Å²) in [7, 11) is -4.32. The number of benzene rings is 2. The molecular weight excluding hydrogens is 703 g/mol. The first kappa shape index (κ1) is 39.1. The summed E-state index contributed by atoms with van der Waals surface area (Å²) in [5, 5.41) is 1.04. The Hall–Kier alpha value is -3.69. The number of rotatable bonds is 14. The first-order valence-electron chi connectivity index (χ1n) is 16.5. The monoisotopic (exact) mass is 748 g/mol. The Bertz CT molecular complexity index is 1860. The van der Waals surface area contributed by atoms with Crippen LogP contribution in [0.5, 0.6) is 5.75 Å². The molecule has 0 spiro atoms. The number of hydrogen-bond acceptors (Lipinski definition) is 8. The minimum atomic E-state index is -4.32. The molecule has 2 heterocycles. The summed E-state index contributed by atoms with van der Waals surface area (Å²) in [4.78, 5) is 38.3.